The molecule has 0 aromatic carbocycles. The molecule has 0 radical (unpaired) electrons. The van der Waals surface area contributed by atoms with Crippen molar-refractivity contribution >= 4 is 0 Å². The largest absolute Gasteiger partial charge is 0.391 e. The third-order valence-electron chi connectivity index (χ3n) is 4.63. The van der Waals surface area contributed by atoms with Gasteiger partial charge in [0.2, 0.25) is 0 Å². The van der Waals surface area contributed by atoms with Crippen LogP contribution in [-0.4, -0.2) is 73.0 Å². The summed E-state index contributed by atoms with van der Waals surface area (Å²) in [6.07, 6.45) is 3.99. The first-order valence-electron chi connectivity index (χ1n) is 8.19. The molecule has 0 aromatic rings. The third-order valence-corrected chi connectivity index (χ3v) is 4.63. The second kappa shape index (κ2) is 7.21. The van der Waals surface area contributed by atoms with Crippen LogP contribution in [0.15, 0.2) is 0 Å². The molecule has 20 heavy (non-hydrogen) atoms. The molecule has 2 fully saturated rings. The van der Waals surface area contributed by atoms with Gasteiger partial charge in [-0.1, -0.05) is 20.8 Å². The smallest absolute Gasteiger partial charge is 0.0715 e. The molecule has 0 saturated carbocycles. The average Bonchev–Trinajstić information content (AvgIpc) is 2.41. The quantitative estimate of drug-likeness (QED) is 0.850. The van der Waals surface area contributed by atoms with Crippen LogP contribution < -0.4 is 0 Å². The summed E-state index contributed by atoms with van der Waals surface area (Å²) >= 11 is 0. The maximum absolute atomic E-state index is 10.2. The highest BCUT2D eigenvalue weighted by Crippen LogP contribution is 2.20. The molecule has 2 atom stereocenters. The number of aliphatic hydroxyl groups excluding tert-OH is 1. The molecule has 118 valence electrons. The predicted octanol–water partition coefficient (Wildman–Crippen LogP) is 1.58. The fourth-order valence-electron chi connectivity index (χ4n) is 2.91. The molecule has 2 heterocycles. The van der Waals surface area contributed by atoms with Crippen molar-refractivity contribution in [2.45, 2.75) is 52.2 Å². The number of piperazine rings is 1. The van der Waals surface area contributed by atoms with E-state index >= 15 is 0 Å². The van der Waals surface area contributed by atoms with E-state index in [-0.39, 0.29) is 11.5 Å². The molecule has 0 spiro atoms. The molecular weight excluding hydrogens is 252 g/mol. The van der Waals surface area contributed by atoms with Gasteiger partial charge in [-0.05, 0) is 24.7 Å². The summed E-state index contributed by atoms with van der Waals surface area (Å²) < 4.78 is 5.82. The summed E-state index contributed by atoms with van der Waals surface area (Å²) in [7, 11) is 0. The van der Waals surface area contributed by atoms with Crippen molar-refractivity contribution < 1.29 is 9.84 Å². The fourth-order valence-corrected chi connectivity index (χ4v) is 2.91. The molecule has 2 saturated heterocycles. The van der Waals surface area contributed by atoms with E-state index in [4.69, 9.17) is 4.74 Å². The van der Waals surface area contributed by atoms with Crippen LogP contribution in [0.25, 0.3) is 0 Å². The van der Waals surface area contributed by atoms with Crippen molar-refractivity contribution in [2.75, 3.05) is 45.9 Å². The highest BCUT2D eigenvalue weighted by molar-refractivity contribution is 4.81. The molecule has 0 bridgehead atoms. The Balaban J connectivity index is 1.67. The summed E-state index contributed by atoms with van der Waals surface area (Å²) in [6.45, 7) is 13.5. The molecule has 0 aliphatic carbocycles. The van der Waals surface area contributed by atoms with Crippen molar-refractivity contribution in [1.29, 1.82) is 0 Å². The van der Waals surface area contributed by atoms with Gasteiger partial charge in [0.1, 0.15) is 0 Å². The summed E-state index contributed by atoms with van der Waals surface area (Å²) in [6, 6.07) is 0. The van der Waals surface area contributed by atoms with Gasteiger partial charge in [-0.3, -0.25) is 9.80 Å². The van der Waals surface area contributed by atoms with Crippen LogP contribution in [0.1, 0.15) is 40.0 Å². The highest BCUT2D eigenvalue weighted by atomic mass is 16.5. The number of ether oxygens (including phenoxy) is 1. The Morgan fingerprint density at radius 2 is 1.75 bits per heavy atom. The number of nitrogens with zero attached hydrogens (tertiary/aromatic N) is 2. The van der Waals surface area contributed by atoms with Gasteiger partial charge in [0.15, 0.2) is 0 Å². The van der Waals surface area contributed by atoms with Crippen LogP contribution in [0.5, 0.6) is 0 Å². The van der Waals surface area contributed by atoms with E-state index in [2.05, 4.69) is 30.6 Å². The maximum atomic E-state index is 10.2. The zero-order chi connectivity index (χ0) is 14.6. The Morgan fingerprint density at radius 3 is 2.30 bits per heavy atom. The zero-order valence-electron chi connectivity index (χ0n) is 13.5. The van der Waals surface area contributed by atoms with E-state index in [1.165, 1.54) is 19.3 Å². The topological polar surface area (TPSA) is 35.9 Å². The Morgan fingerprint density at radius 1 is 1.10 bits per heavy atom. The van der Waals surface area contributed by atoms with Gasteiger partial charge in [0.05, 0.1) is 12.2 Å². The van der Waals surface area contributed by atoms with Crippen molar-refractivity contribution in [3.63, 3.8) is 0 Å². The monoisotopic (exact) mass is 284 g/mol. The molecule has 0 amide bonds. The predicted molar refractivity (Wildman–Crippen MR) is 81.9 cm³/mol. The fraction of sp³-hybridized carbons (Fsp3) is 1.00. The van der Waals surface area contributed by atoms with E-state index in [9.17, 15) is 5.11 Å². The third kappa shape index (κ3) is 4.99. The van der Waals surface area contributed by atoms with E-state index in [1.807, 2.05) is 0 Å². The van der Waals surface area contributed by atoms with E-state index < -0.39 is 0 Å². The lowest BCUT2D eigenvalue weighted by Crippen LogP contribution is -2.51. The molecule has 0 unspecified atom stereocenters. The normalized spacial score (nSPS) is 28.5. The Labute approximate surface area is 124 Å². The molecule has 2 aliphatic rings. The maximum Gasteiger partial charge on any atom is 0.0715 e. The molecule has 2 rings (SSSR count). The van der Waals surface area contributed by atoms with Gasteiger partial charge >= 0.3 is 0 Å². The molecule has 4 nitrogen and oxygen atoms in total. The summed E-state index contributed by atoms with van der Waals surface area (Å²) in [5.41, 5.74) is -0.0208. The van der Waals surface area contributed by atoms with Gasteiger partial charge in [-0.25, -0.2) is 0 Å². The van der Waals surface area contributed by atoms with Crippen LogP contribution in [0, 0.1) is 5.41 Å². The second-order valence-electron chi connectivity index (χ2n) is 7.47. The minimum atomic E-state index is -0.240. The lowest BCUT2D eigenvalue weighted by atomic mass is 9.89. The number of hydrogen-bond donors (Lipinski definition) is 1. The Bertz CT molecular complexity index is 277. The van der Waals surface area contributed by atoms with E-state index in [1.54, 1.807) is 0 Å². The van der Waals surface area contributed by atoms with Gasteiger partial charge in [-0.15, -0.1) is 0 Å². The summed E-state index contributed by atoms with van der Waals surface area (Å²) in [5, 5.41) is 10.2. The summed E-state index contributed by atoms with van der Waals surface area (Å²) in [5.74, 6) is 0. The van der Waals surface area contributed by atoms with Crippen molar-refractivity contribution in [3.05, 3.63) is 0 Å². The Hall–Kier alpha value is -0.160. The first-order valence-corrected chi connectivity index (χ1v) is 8.19. The Kier molecular flexibility index (Phi) is 5.84. The van der Waals surface area contributed by atoms with Gasteiger partial charge < -0.3 is 9.84 Å². The van der Waals surface area contributed by atoms with E-state index in [0.717, 1.165) is 45.9 Å². The SMILES string of the molecule is CC(C)(C)[C@@H](O)CN1CCN(C[C@H]2CCCCO2)CC1. The zero-order valence-corrected chi connectivity index (χ0v) is 13.5. The van der Waals surface area contributed by atoms with Crippen LogP contribution in [0.3, 0.4) is 0 Å². The number of rotatable bonds is 4. The minimum Gasteiger partial charge on any atom is -0.391 e. The lowest BCUT2D eigenvalue weighted by molar-refractivity contribution is -0.0227. The minimum absolute atomic E-state index is 0.0208. The molecule has 4 heteroatoms. The number of hydrogen-bond acceptors (Lipinski definition) is 4. The second-order valence-corrected chi connectivity index (χ2v) is 7.47. The van der Waals surface area contributed by atoms with Crippen LogP contribution >= 0.6 is 0 Å². The van der Waals surface area contributed by atoms with Crippen LogP contribution in [0.2, 0.25) is 0 Å². The van der Waals surface area contributed by atoms with Gasteiger partial charge in [0.25, 0.3) is 0 Å². The molecular formula is C16H32N2O2. The van der Waals surface area contributed by atoms with Crippen LogP contribution in [-0.2, 0) is 4.74 Å². The summed E-state index contributed by atoms with van der Waals surface area (Å²) in [4.78, 5) is 4.92. The molecule has 2 aliphatic heterocycles. The van der Waals surface area contributed by atoms with Crippen molar-refractivity contribution in [1.82, 2.24) is 9.80 Å². The first kappa shape index (κ1) is 16.2. The van der Waals surface area contributed by atoms with Crippen molar-refractivity contribution in [3.8, 4) is 0 Å². The van der Waals surface area contributed by atoms with Crippen LogP contribution in [0.4, 0.5) is 0 Å². The van der Waals surface area contributed by atoms with Gasteiger partial charge in [0, 0.05) is 45.9 Å². The van der Waals surface area contributed by atoms with E-state index in [0.29, 0.717) is 6.10 Å². The average molecular weight is 284 g/mol. The number of aliphatic hydroxyl groups is 1. The molecule has 1 N–H and O–H groups in total. The van der Waals surface area contributed by atoms with Crippen molar-refractivity contribution in [2.24, 2.45) is 5.41 Å². The van der Waals surface area contributed by atoms with Gasteiger partial charge in [-0.2, -0.15) is 0 Å². The first-order chi connectivity index (χ1) is 9.45. The number of β-amino-alcohol motifs (C(OH)–C–C–N with tert-alkyl or cyclic N) is 1. The highest BCUT2D eigenvalue weighted by Gasteiger charge is 2.27. The lowest BCUT2D eigenvalue weighted by Gasteiger charge is -2.39. The molecule has 0 aromatic heterocycles. The standard InChI is InChI=1S/C16H32N2O2/c1-16(2,3)15(19)13-18-9-7-17(8-10-18)12-14-6-4-5-11-20-14/h14-15,19H,4-13H2,1-3H3/t14-,15+/m1/s1.